The van der Waals surface area contributed by atoms with E-state index in [0.29, 0.717) is 0 Å². The first kappa shape index (κ1) is 10.7. The molecule has 1 aromatic heterocycles. The minimum atomic E-state index is 0.735. The number of rotatable bonds is 4. The molecule has 0 radical (unpaired) electrons. The van der Waals surface area contributed by atoms with Gasteiger partial charge in [0.05, 0.1) is 22.5 Å². The third kappa shape index (κ3) is 2.25. The predicted octanol–water partition coefficient (Wildman–Crippen LogP) is 2.62. The summed E-state index contributed by atoms with van der Waals surface area (Å²) < 4.78 is 6.14. The summed E-state index contributed by atoms with van der Waals surface area (Å²) in [7, 11) is 1.70. The van der Waals surface area contributed by atoms with Gasteiger partial charge in [-0.15, -0.1) is 23.1 Å². The maximum Gasteiger partial charge on any atom is 0.105 e. The molecule has 2 rings (SSSR count). The number of nitrogens with zero attached hydrogens (tertiary/aromatic N) is 1. The summed E-state index contributed by atoms with van der Waals surface area (Å²) in [5.41, 5.74) is 9.56. The molecule has 1 aromatic carbocycles. The van der Waals surface area contributed by atoms with Crippen LogP contribution in [0.1, 0.15) is 0 Å². The Hall–Kier alpha value is -0.780. The monoisotopic (exact) mass is 240 g/mol. The number of aromatic nitrogens is 1. The number of benzene rings is 1. The molecule has 0 amide bonds. The highest BCUT2D eigenvalue weighted by atomic mass is 32.2. The minimum Gasteiger partial charge on any atom is -0.396 e. The predicted molar refractivity (Wildman–Crippen MR) is 66.6 cm³/mol. The summed E-state index contributed by atoms with van der Waals surface area (Å²) in [5, 5.41) is 0. The average Bonchev–Trinajstić information content (AvgIpc) is 2.70. The van der Waals surface area contributed by atoms with Crippen LogP contribution >= 0.6 is 23.1 Å². The molecule has 2 N–H and O–H groups in total. The zero-order chi connectivity index (χ0) is 10.7. The molecule has 0 aliphatic rings. The SMILES string of the molecule is COCCSc1ccc2scnc2c1N. The average molecular weight is 240 g/mol. The van der Waals surface area contributed by atoms with Crippen molar-refractivity contribution in [3.8, 4) is 0 Å². The molecule has 0 fully saturated rings. The summed E-state index contributed by atoms with van der Waals surface area (Å²) in [5.74, 6) is 0.913. The van der Waals surface area contributed by atoms with Crippen LogP contribution in [0.15, 0.2) is 22.5 Å². The number of nitrogens with two attached hydrogens (primary N) is 1. The number of thioether (sulfide) groups is 1. The van der Waals surface area contributed by atoms with Crippen molar-refractivity contribution in [1.29, 1.82) is 0 Å². The Bertz CT molecular complexity index is 456. The van der Waals surface area contributed by atoms with E-state index in [9.17, 15) is 0 Å². The molecule has 0 saturated carbocycles. The van der Waals surface area contributed by atoms with Crippen molar-refractivity contribution in [2.75, 3.05) is 25.2 Å². The molecule has 2 aromatic rings. The number of thiazole rings is 1. The van der Waals surface area contributed by atoms with Gasteiger partial charge in [-0.05, 0) is 12.1 Å². The Labute approximate surface area is 96.6 Å². The standard InChI is InChI=1S/C10H12N2OS2/c1-13-4-5-14-7-2-3-8-10(9(7)11)12-6-15-8/h2-3,6H,4-5,11H2,1H3. The molecule has 0 bridgehead atoms. The normalized spacial score (nSPS) is 11.0. The fourth-order valence-electron chi connectivity index (χ4n) is 1.29. The van der Waals surface area contributed by atoms with E-state index in [1.54, 1.807) is 30.2 Å². The summed E-state index contributed by atoms with van der Waals surface area (Å²) in [6.45, 7) is 0.735. The van der Waals surface area contributed by atoms with E-state index >= 15 is 0 Å². The lowest BCUT2D eigenvalue weighted by atomic mass is 10.3. The number of anilines is 1. The molecule has 0 aliphatic carbocycles. The number of hydrogen-bond acceptors (Lipinski definition) is 5. The highest BCUT2D eigenvalue weighted by Crippen LogP contribution is 2.32. The molecular formula is C10H12N2OS2. The van der Waals surface area contributed by atoms with Gasteiger partial charge in [-0.2, -0.15) is 0 Å². The van der Waals surface area contributed by atoms with Gasteiger partial charge in [-0.1, -0.05) is 0 Å². The first-order valence-corrected chi connectivity index (χ1v) is 6.43. The quantitative estimate of drug-likeness (QED) is 0.507. The fraction of sp³-hybridized carbons (Fsp3) is 0.300. The van der Waals surface area contributed by atoms with Crippen molar-refractivity contribution in [3.63, 3.8) is 0 Å². The molecule has 5 heteroatoms. The van der Waals surface area contributed by atoms with Crippen molar-refractivity contribution in [2.45, 2.75) is 4.90 Å². The van der Waals surface area contributed by atoms with Crippen LogP contribution in [0.2, 0.25) is 0 Å². The van der Waals surface area contributed by atoms with Gasteiger partial charge >= 0.3 is 0 Å². The molecular weight excluding hydrogens is 228 g/mol. The lowest BCUT2D eigenvalue weighted by Crippen LogP contribution is -1.94. The van der Waals surface area contributed by atoms with Crippen LogP contribution in [0.3, 0.4) is 0 Å². The molecule has 15 heavy (non-hydrogen) atoms. The van der Waals surface area contributed by atoms with Gasteiger partial charge in [0.1, 0.15) is 5.52 Å². The molecule has 80 valence electrons. The number of hydrogen-bond donors (Lipinski definition) is 1. The zero-order valence-electron chi connectivity index (χ0n) is 8.40. The highest BCUT2D eigenvalue weighted by molar-refractivity contribution is 7.99. The first-order valence-electron chi connectivity index (χ1n) is 4.56. The van der Waals surface area contributed by atoms with Crippen LogP contribution in [0.5, 0.6) is 0 Å². The van der Waals surface area contributed by atoms with E-state index < -0.39 is 0 Å². The van der Waals surface area contributed by atoms with Crippen molar-refractivity contribution < 1.29 is 4.74 Å². The topological polar surface area (TPSA) is 48.1 Å². The molecule has 0 saturated heterocycles. The Balaban J connectivity index is 2.23. The number of methoxy groups -OCH3 is 1. The van der Waals surface area contributed by atoms with Crippen molar-refractivity contribution in [2.24, 2.45) is 0 Å². The molecule has 1 heterocycles. The summed E-state index contributed by atoms with van der Waals surface area (Å²) in [6.07, 6.45) is 0. The maximum absolute atomic E-state index is 6.03. The summed E-state index contributed by atoms with van der Waals surface area (Å²) >= 11 is 3.32. The second kappa shape index (κ2) is 4.83. The van der Waals surface area contributed by atoms with Gasteiger partial charge in [0.15, 0.2) is 0 Å². The third-order valence-corrected chi connectivity index (χ3v) is 3.88. The molecule has 0 spiro atoms. The van der Waals surface area contributed by atoms with E-state index in [0.717, 1.165) is 33.2 Å². The Morgan fingerprint density at radius 1 is 1.53 bits per heavy atom. The largest absolute Gasteiger partial charge is 0.396 e. The molecule has 0 unspecified atom stereocenters. The van der Waals surface area contributed by atoms with Crippen LogP contribution in [0, 0.1) is 0 Å². The lowest BCUT2D eigenvalue weighted by Gasteiger charge is -2.05. The van der Waals surface area contributed by atoms with E-state index in [2.05, 4.69) is 17.1 Å². The van der Waals surface area contributed by atoms with Gasteiger partial charge in [0, 0.05) is 17.8 Å². The van der Waals surface area contributed by atoms with Crippen molar-refractivity contribution >= 4 is 39.0 Å². The Morgan fingerprint density at radius 3 is 3.20 bits per heavy atom. The summed E-state index contributed by atoms with van der Waals surface area (Å²) in [6, 6.07) is 4.12. The number of nitrogen functional groups attached to an aromatic ring is 1. The third-order valence-electron chi connectivity index (χ3n) is 2.05. The first-order chi connectivity index (χ1) is 7.33. The second-order valence-corrected chi connectivity index (χ2v) is 5.04. The van der Waals surface area contributed by atoms with E-state index in [-0.39, 0.29) is 0 Å². The minimum absolute atomic E-state index is 0.735. The Kier molecular flexibility index (Phi) is 3.45. The number of fused-ring (bicyclic) bond motifs is 1. The Morgan fingerprint density at radius 2 is 2.40 bits per heavy atom. The van der Waals surface area contributed by atoms with Crippen LogP contribution in [0.4, 0.5) is 5.69 Å². The van der Waals surface area contributed by atoms with Crippen molar-refractivity contribution in [1.82, 2.24) is 4.98 Å². The van der Waals surface area contributed by atoms with Gasteiger partial charge in [-0.25, -0.2) is 4.98 Å². The van der Waals surface area contributed by atoms with Crippen molar-refractivity contribution in [3.05, 3.63) is 17.6 Å². The van der Waals surface area contributed by atoms with Gasteiger partial charge in [0.2, 0.25) is 0 Å². The highest BCUT2D eigenvalue weighted by Gasteiger charge is 2.06. The van der Waals surface area contributed by atoms with Crippen LogP contribution in [-0.4, -0.2) is 24.5 Å². The van der Waals surface area contributed by atoms with Crippen LogP contribution in [-0.2, 0) is 4.74 Å². The second-order valence-electron chi connectivity index (χ2n) is 3.02. The van der Waals surface area contributed by atoms with Gasteiger partial charge in [-0.3, -0.25) is 0 Å². The van der Waals surface area contributed by atoms with E-state index in [4.69, 9.17) is 10.5 Å². The van der Waals surface area contributed by atoms with E-state index in [1.165, 1.54) is 0 Å². The van der Waals surface area contributed by atoms with Crippen LogP contribution < -0.4 is 5.73 Å². The maximum atomic E-state index is 6.03. The molecule has 0 atom stereocenters. The lowest BCUT2D eigenvalue weighted by molar-refractivity contribution is 0.218. The number of ether oxygens (including phenoxy) is 1. The van der Waals surface area contributed by atoms with Crippen LogP contribution in [0.25, 0.3) is 10.2 Å². The molecule has 3 nitrogen and oxygen atoms in total. The fourth-order valence-corrected chi connectivity index (χ4v) is 2.87. The van der Waals surface area contributed by atoms with E-state index in [1.807, 2.05) is 5.51 Å². The smallest absolute Gasteiger partial charge is 0.105 e. The summed E-state index contributed by atoms with van der Waals surface area (Å²) in [4.78, 5) is 5.34. The van der Waals surface area contributed by atoms with Gasteiger partial charge < -0.3 is 10.5 Å². The van der Waals surface area contributed by atoms with Gasteiger partial charge in [0.25, 0.3) is 0 Å². The zero-order valence-corrected chi connectivity index (χ0v) is 10.0. The molecule has 0 aliphatic heterocycles.